The van der Waals surface area contributed by atoms with E-state index in [1.54, 1.807) is 6.26 Å². The van der Waals surface area contributed by atoms with Gasteiger partial charge in [0.25, 0.3) is 5.91 Å². The van der Waals surface area contributed by atoms with Gasteiger partial charge >= 0.3 is 0 Å². The van der Waals surface area contributed by atoms with Crippen molar-refractivity contribution in [3.63, 3.8) is 0 Å². The van der Waals surface area contributed by atoms with Gasteiger partial charge in [0, 0.05) is 31.1 Å². The molecule has 1 amide bonds. The van der Waals surface area contributed by atoms with Crippen LogP contribution in [0, 0.1) is 13.8 Å². The van der Waals surface area contributed by atoms with Gasteiger partial charge in [-0.15, -0.1) is 0 Å². The summed E-state index contributed by atoms with van der Waals surface area (Å²) in [6, 6.07) is 5.73. The molecular weight excluding hydrogens is 280 g/mol. The molecule has 0 aliphatic heterocycles. The van der Waals surface area contributed by atoms with Crippen LogP contribution in [0.2, 0.25) is 0 Å². The van der Waals surface area contributed by atoms with Crippen LogP contribution in [0.1, 0.15) is 40.9 Å². The molecule has 2 heterocycles. The van der Waals surface area contributed by atoms with E-state index >= 15 is 0 Å². The molecule has 2 aromatic rings. The van der Waals surface area contributed by atoms with Crippen LogP contribution >= 0.6 is 0 Å². The Balaban J connectivity index is 1.98. The van der Waals surface area contributed by atoms with Gasteiger partial charge in [-0.3, -0.25) is 4.79 Å². The first-order valence-corrected chi connectivity index (χ1v) is 7.68. The van der Waals surface area contributed by atoms with Gasteiger partial charge in [-0.25, -0.2) is 0 Å². The van der Waals surface area contributed by atoms with E-state index in [1.165, 1.54) is 0 Å². The number of carbonyl (C=O) groups is 1. The summed E-state index contributed by atoms with van der Waals surface area (Å²) in [4.78, 5) is 12.3. The maximum absolute atomic E-state index is 12.3. The number of aromatic nitrogens is 1. The third-order valence-electron chi connectivity index (χ3n) is 3.67. The number of hydrogen-bond donors (Lipinski definition) is 1. The highest BCUT2D eigenvalue weighted by molar-refractivity contribution is 5.95. The van der Waals surface area contributed by atoms with Crippen molar-refractivity contribution in [2.24, 2.45) is 0 Å². The molecule has 0 aromatic carbocycles. The average molecular weight is 304 g/mol. The summed E-state index contributed by atoms with van der Waals surface area (Å²) < 4.78 is 12.7. The van der Waals surface area contributed by atoms with Crippen LogP contribution in [-0.2, 0) is 11.3 Å². The molecule has 5 nitrogen and oxygen atoms in total. The van der Waals surface area contributed by atoms with Crippen LogP contribution in [0.4, 0.5) is 0 Å². The first-order valence-electron chi connectivity index (χ1n) is 7.68. The quantitative estimate of drug-likeness (QED) is 0.763. The normalized spacial score (nSPS) is 10.9. The minimum Gasteiger partial charge on any atom is -0.467 e. The molecule has 0 fully saturated rings. The molecule has 0 spiro atoms. The van der Waals surface area contributed by atoms with E-state index in [4.69, 9.17) is 9.15 Å². The summed E-state index contributed by atoms with van der Waals surface area (Å²) >= 11 is 0. The molecular formula is C17H24N2O3. The third kappa shape index (κ3) is 4.01. The minimum atomic E-state index is -0.0321. The van der Waals surface area contributed by atoms with E-state index in [0.717, 1.165) is 29.1 Å². The minimum absolute atomic E-state index is 0.0321. The molecule has 2 aromatic heterocycles. The lowest BCUT2D eigenvalue weighted by Crippen LogP contribution is -2.25. The topological polar surface area (TPSA) is 56.4 Å². The zero-order chi connectivity index (χ0) is 15.9. The molecule has 0 atom stereocenters. The molecule has 0 unspecified atom stereocenters. The van der Waals surface area contributed by atoms with Gasteiger partial charge in [0.15, 0.2) is 0 Å². The van der Waals surface area contributed by atoms with E-state index in [0.29, 0.717) is 26.3 Å². The maximum Gasteiger partial charge on any atom is 0.253 e. The number of amides is 1. The van der Waals surface area contributed by atoms with E-state index < -0.39 is 0 Å². The molecule has 2 rings (SSSR count). The lowest BCUT2D eigenvalue weighted by molar-refractivity contribution is 0.0943. The Hall–Kier alpha value is -2.01. The Labute approximate surface area is 131 Å². The average Bonchev–Trinajstić information content (AvgIpc) is 3.10. The van der Waals surface area contributed by atoms with Crippen LogP contribution < -0.4 is 5.32 Å². The van der Waals surface area contributed by atoms with Crippen LogP contribution in [0.15, 0.2) is 28.9 Å². The molecule has 0 saturated carbocycles. The number of aryl methyl sites for hydroxylation is 1. The van der Waals surface area contributed by atoms with Crippen molar-refractivity contribution in [3.8, 4) is 0 Å². The molecule has 0 aliphatic rings. The maximum atomic E-state index is 12.3. The Morgan fingerprint density at radius 2 is 2.23 bits per heavy atom. The zero-order valence-electron chi connectivity index (χ0n) is 13.5. The predicted molar refractivity (Wildman–Crippen MR) is 85.2 cm³/mol. The number of ether oxygens (including phenoxy) is 1. The second-order valence-corrected chi connectivity index (χ2v) is 5.26. The number of nitrogens with zero attached hydrogens (tertiary/aromatic N) is 1. The molecule has 0 aliphatic carbocycles. The number of furan rings is 1. The van der Waals surface area contributed by atoms with E-state index in [9.17, 15) is 4.79 Å². The smallest absolute Gasteiger partial charge is 0.253 e. The second kappa shape index (κ2) is 7.84. The fourth-order valence-corrected chi connectivity index (χ4v) is 2.45. The van der Waals surface area contributed by atoms with E-state index in [-0.39, 0.29) is 5.91 Å². The van der Waals surface area contributed by atoms with Gasteiger partial charge in [-0.1, -0.05) is 0 Å². The van der Waals surface area contributed by atoms with Crippen LogP contribution in [-0.4, -0.2) is 30.2 Å². The van der Waals surface area contributed by atoms with Crippen molar-refractivity contribution in [2.75, 3.05) is 19.8 Å². The molecule has 0 radical (unpaired) electrons. The van der Waals surface area contributed by atoms with Gasteiger partial charge in [0.2, 0.25) is 0 Å². The molecule has 22 heavy (non-hydrogen) atoms. The van der Waals surface area contributed by atoms with E-state index in [2.05, 4.69) is 9.88 Å². The summed E-state index contributed by atoms with van der Waals surface area (Å²) in [7, 11) is 0. The molecule has 0 bridgehead atoms. The largest absolute Gasteiger partial charge is 0.467 e. The highest BCUT2D eigenvalue weighted by Gasteiger charge is 2.15. The summed E-state index contributed by atoms with van der Waals surface area (Å²) in [5.41, 5.74) is 2.73. The fourth-order valence-electron chi connectivity index (χ4n) is 2.45. The number of hydrogen-bond acceptors (Lipinski definition) is 3. The summed E-state index contributed by atoms with van der Waals surface area (Å²) in [5.74, 6) is 0.848. The summed E-state index contributed by atoms with van der Waals surface area (Å²) in [6.45, 7) is 8.58. The molecule has 5 heteroatoms. The summed E-state index contributed by atoms with van der Waals surface area (Å²) in [6.07, 6.45) is 2.49. The SMILES string of the molecule is CCOCCCNC(=O)c1cc(C)n(Cc2ccco2)c1C. The fraction of sp³-hybridized carbons (Fsp3) is 0.471. The van der Waals surface area contributed by atoms with Crippen molar-refractivity contribution < 1.29 is 13.9 Å². The Morgan fingerprint density at radius 3 is 2.91 bits per heavy atom. The molecule has 120 valence electrons. The first kappa shape index (κ1) is 16.4. The van der Waals surface area contributed by atoms with E-state index in [1.807, 2.05) is 39.0 Å². The Kier molecular flexibility index (Phi) is 5.83. The molecule has 1 N–H and O–H groups in total. The predicted octanol–water partition coefficient (Wildman–Crippen LogP) is 2.90. The Bertz CT molecular complexity index is 600. The zero-order valence-corrected chi connectivity index (χ0v) is 13.5. The van der Waals surface area contributed by atoms with Gasteiger partial charge in [0.05, 0.1) is 18.4 Å². The van der Waals surface area contributed by atoms with Crippen molar-refractivity contribution in [3.05, 3.63) is 47.2 Å². The highest BCUT2D eigenvalue weighted by atomic mass is 16.5. The van der Waals surface area contributed by atoms with Crippen LogP contribution in [0.3, 0.4) is 0 Å². The molecule has 0 saturated heterocycles. The van der Waals surface area contributed by atoms with Crippen molar-refractivity contribution in [1.29, 1.82) is 0 Å². The van der Waals surface area contributed by atoms with Crippen LogP contribution in [0.5, 0.6) is 0 Å². The lowest BCUT2D eigenvalue weighted by atomic mass is 10.2. The standard InChI is InChI=1S/C17H24N2O3/c1-4-21-9-6-8-18-17(20)16-11-13(2)19(14(16)3)12-15-7-5-10-22-15/h5,7,10-11H,4,6,8-9,12H2,1-3H3,(H,18,20). The second-order valence-electron chi connectivity index (χ2n) is 5.26. The van der Waals surface area contributed by atoms with Crippen molar-refractivity contribution in [2.45, 2.75) is 33.7 Å². The highest BCUT2D eigenvalue weighted by Crippen LogP contribution is 2.17. The monoisotopic (exact) mass is 304 g/mol. The lowest BCUT2D eigenvalue weighted by Gasteiger charge is -2.08. The number of nitrogens with one attached hydrogen (secondary N) is 1. The van der Waals surface area contributed by atoms with Crippen molar-refractivity contribution in [1.82, 2.24) is 9.88 Å². The van der Waals surface area contributed by atoms with Crippen LogP contribution in [0.25, 0.3) is 0 Å². The number of carbonyl (C=O) groups excluding carboxylic acids is 1. The Morgan fingerprint density at radius 1 is 1.41 bits per heavy atom. The third-order valence-corrected chi connectivity index (χ3v) is 3.67. The van der Waals surface area contributed by atoms with Crippen molar-refractivity contribution >= 4 is 5.91 Å². The van der Waals surface area contributed by atoms with Gasteiger partial charge in [-0.2, -0.15) is 0 Å². The number of rotatable bonds is 8. The van der Waals surface area contributed by atoms with Gasteiger partial charge < -0.3 is 19.0 Å². The van der Waals surface area contributed by atoms with Gasteiger partial charge in [0.1, 0.15) is 5.76 Å². The first-order chi connectivity index (χ1) is 10.6. The van der Waals surface area contributed by atoms with Gasteiger partial charge in [-0.05, 0) is 45.4 Å². The summed E-state index contributed by atoms with van der Waals surface area (Å²) in [5, 5.41) is 2.94.